The molecule has 3 aromatic rings. The molecular formula is C15H14N6O. The SMILES string of the molecule is NC(=Nc1nc2ccccc2[nH]1)NC(=O)Cc1ccncc1. The van der Waals surface area contributed by atoms with Crippen molar-refractivity contribution in [2.45, 2.75) is 6.42 Å². The Hall–Kier alpha value is -3.22. The van der Waals surface area contributed by atoms with E-state index in [1.54, 1.807) is 24.5 Å². The number of pyridine rings is 1. The Morgan fingerprint density at radius 2 is 2.00 bits per heavy atom. The van der Waals surface area contributed by atoms with E-state index < -0.39 is 0 Å². The van der Waals surface area contributed by atoms with Crippen molar-refractivity contribution in [3.63, 3.8) is 0 Å². The van der Waals surface area contributed by atoms with Gasteiger partial charge < -0.3 is 10.7 Å². The number of aliphatic imine (C=N–C) groups is 1. The summed E-state index contributed by atoms with van der Waals surface area (Å²) in [6.07, 6.45) is 3.47. The van der Waals surface area contributed by atoms with Gasteiger partial charge in [-0.15, -0.1) is 0 Å². The third-order valence-electron chi connectivity index (χ3n) is 2.98. The van der Waals surface area contributed by atoms with Gasteiger partial charge in [0.15, 0.2) is 0 Å². The molecule has 0 atom stereocenters. The minimum absolute atomic E-state index is 0.00175. The van der Waals surface area contributed by atoms with Crippen molar-refractivity contribution in [3.8, 4) is 0 Å². The number of aromatic nitrogens is 3. The van der Waals surface area contributed by atoms with E-state index in [-0.39, 0.29) is 18.3 Å². The van der Waals surface area contributed by atoms with Gasteiger partial charge in [-0.1, -0.05) is 12.1 Å². The quantitative estimate of drug-likeness (QED) is 0.499. The molecule has 7 heteroatoms. The summed E-state index contributed by atoms with van der Waals surface area (Å²) in [5.41, 5.74) is 8.23. The molecule has 0 spiro atoms. The second-order valence-corrected chi connectivity index (χ2v) is 4.66. The molecule has 0 fully saturated rings. The second kappa shape index (κ2) is 6.04. The standard InChI is InChI=1S/C15H14N6O/c16-14(20-13(22)9-10-5-7-17-8-6-10)21-15-18-11-3-1-2-4-12(11)19-15/h1-8H,9H2,(H4,16,18,19,20,21,22). The number of hydrogen-bond acceptors (Lipinski definition) is 4. The first-order valence-corrected chi connectivity index (χ1v) is 6.68. The van der Waals surface area contributed by atoms with E-state index in [2.05, 4.69) is 25.3 Å². The number of carbonyl (C=O) groups excluding carboxylic acids is 1. The van der Waals surface area contributed by atoms with Crippen LogP contribution in [0.15, 0.2) is 53.8 Å². The van der Waals surface area contributed by atoms with Crippen LogP contribution in [0.4, 0.5) is 5.95 Å². The number of nitrogens with one attached hydrogen (secondary N) is 2. The number of amides is 1. The minimum Gasteiger partial charge on any atom is -0.369 e. The van der Waals surface area contributed by atoms with Crippen molar-refractivity contribution in [1.29, 1.82) is 0 Å². The van der Waals surface area contributed by atoms with Crippen molar-refractivity contribution in [3.05, 3.63) is 54.4 Å². The minimum atomic E-state index is -0.247. The van der Waals surface area contributed by atoms with E-state index in [1.807, 2.05) is 24.3 Å². The number of H-pyrrole nitrogens is 1. The van der Waals surface area contributed by atoms with Gasteiger partial charge in [0.2, 0.25) is 17.8 Å². The number of nitrogens with two attached hydrogens (primary N) is 1. The number of aromatic amines is 1. The fourth-order valence-electron chi connectivity index (χ4n) is 2.01. The summed E-state index contributed by atoms with van der Waals surface area (Å²) in [6.45, 7) is 0. The largest absolute Gasteiger partial charge is 0.369 e. The predicted molar refractivity (Wildman–Crippen MR) is 83.5 cm³/mol. The number of benzene rings is 1. The van der Waals surface area contributed by atoms with Crippen LogP contribution in [0.25, 0.3) is 11.0 Å². The van der Waals surface area contributed by atoms with Gasteiger partial charge in [0, 0.05) is 12.4 Å². The second-order valence-electron chi connectivity index (χ2n) is 4.66. The molecule has 0 unspecified atom stereocenters. The molecule has 3 rings (SSSR count). The Morgan fingerprint density at radius 3 is 2.77 bits per heavy atom. The monoisotopic (exact) mass is 294 g/mol. The smallest absolute Gasteiger partial charge is 0.231 e. The lowest BCUT2D eigenvalue weighted by molar-refractivity contribution is -0.119. The highest BCUT2D eigenvalue weighted by Gasteiger charge is 2.06. The maximum absolute atomic E-state index is 11.9. The van der Waals surface area contributed by atoms with Gasteiger partial charge in [-0.2, -0.15) is 4.99 Å². The number of rotatable bonds is 3. The van der Waals surface area contributed by atoms with E-state index in [4.69, 9.17) is 5.73 Å². The molecule has 0 saturated heterocycles. The maximum atomic E-state index is 11.9. The van der Waals surface area contributed by atoms with Crippen LogP contribution in [0.5, 0.6) is 0 Å². The van der Waals surface area contributed by atoms with Crippen LogP contribution in [0, 0.1) is 0 Å². The van der Waals surface area contributed by atoms with E-state index in [0.29, 0.717) is 5.95 Å². The van der Waals surface area contributed by atoms with Crippen molar-refractivity contribution in [1.82, 2.24) is 20.3 Å². The number of hydrogen-bond donors (Lipinski definition) is 3. The average Bonchev–Trinajstić information content (AvgIpc) is 2.89. The number of nitrogens with zero attached hydrogens (tertiary/aromatic N) is 3. The molecule has 4 N–H and O–H groups in total. The van der Waals surface area contributed by atoms with Crippen LogP contribution in [0.1, 0.15) is 5.56 Å². The third kappa shape index (κ3) is 3.26. The molecule has 1 aromatic carbocycles. The number of fused-ring (bicyclic) bond motifs is 1. The normalized spacial score (nSPS) is 11.5. The maximum Gasteiger partial charge on any atom is 0.231 e. The molecule has 2 aromatic heterocycles. The molecule has 0 radical (unpaired) electrons. The summed E-state index contributed by atoms with van der Waals surface area (Å²) < 4.78 is 0. The first-order valence-electron chi connectivity index (χ1n) is 6.68. The highest BCUT2D eigenvalue weighted by atomic mass is 16.1. The first-order chi connectivity index (χ1) is 10.7. The lowest BCUT2D eigenvalue weighted by Gasteiger charge is -2.03. The summed E-state index contributed by atoms with van der Waals surface area (Å²) in [5, 5.41) is 2.53. The van der Waals surface area contributed by atoms with Gasteiger partial charge in [-0.3, -0.25) is 15.1 Å². The van der Waals surface area contributed by atoms with Crippen LogP contribution in [-0.4, -0.2) is 26.8 Å². The zero-order chi connectivity index (χ0) is 15.4. The number of guanidine groups is 1. The summed E-state index contributed by atoms with van der Waals surface area (Å²) in [5.74, 6) is 0.101. The molecule has 0 aliphatic carbocycles. The average molecular weight is 294 g/mol. The van der Waals surface area contributed by atoms with E-state index >= 15 is 0 Å². The van der Waals surface area contributed by atoms with Crippen molar-refractivity contribution in [2.75, 3.05) is 0 Å². The molecule has 7 nitrogen and oxygen atoms in total. The molecule has 0 aliphatic heterocycles. The third-order valence-corrected chi connectivity index (χ3v) is 2.98. The number of para-hydroxylation sites is 2. The Kier molecular flexibility index (Phi) is 3.78. The van der Waals surface area contributed by atoms with Crippen molar-refractivity contribution < 1.29 is 4.79 Å². The Morgan fingerprint density at radius 1 is 1.23 bits per heavy atom. The topological polar surface area (TPSA) is 109 Å². The number of imidazole rings is 1. The van der Waals surface area contributed by atoms with Gasteiger partial charge in [0.1, 0.15) is 0 Å². The summed E-state index contributed by atoms with van der Waals surface area (Å²) >= 11 is 0. The van der Waals surface area contributed by atoms with Crippen LogP contribution in [0.3, 0.4) is 0 Å². The molecule has 0 aliphatic rings. The Labute approximate surface area is 126 Å². The van der Waals surface area contributed by atoms with Gasteiger partial charge in [-0.25, -0.2) is 4.98 Å². The predicted octanol–water partition coefficient (Wildman–Crippen LogP) is 1.26. The lowest BCUT2D eigenvalue weighted by atomic mass is 10.2. The molecule has 0 bridgehead atoms. The molecule has 2 heterocycles. The molecule has 110 valence electrons. The highest BCUT2D eigenvalue weighted by Crippen LogP contribution is 2.15. The van der Waals surface area contributed by atoms with Gasteiger partial charge in [0.05, 0.1) is 17.5 Å². The van der Waals surface area contributed by atoms with Crippen LogP contribution in [-0.2, 0) is 11.2 Å². The Balaban J connectivity index is 1.68. The zero-order valence-corrected chi connectivity index (χ0v) is 11.7. The molecule has 0 saturated carbocycles. The van der Waals surface area contributed by atoms with E-state index in [0.717, 1.165) is 16.6 Å². The van der Waals surface area contributed by atoms with Crippen molar-refractivity contribution in [2.24, 2.45) is 10.7 Å². The fourth-order valence-corrected chi connectivity index (χ4v) is 2.01. The fraction of sp³-hybridized carbons (Fsp3) is 0.0667. The first kappa shape index (κ1) is 13.7. The van der Waals surface area contributed by atoms with Gasteiger partial charge in [-0.05, 0) is 29.8 Å². The lowest BCUT2D eigenvalue weighted by Crippen LogP contribution is -2.37. The molecule has 1 amide bonds. The number of carbonyl (C=O) groups is 1. The van der Waals surface area contributed by atoms with Gasteiger partial charge >= 0.3 is 0 Å². The molecular weight excluding hydrogens is 280 g/mol. The molecule has 22 heavy (non-hydrogen) atoms. The van der Waals surface area contributed by atoms with Crippen LogP contribution < -0.4 is 11.1 Å². The van der Waals surface area contributed by atoms with Crippen molar-refractivity contribution >= 4 is 28.8 Å². The summed E-state index contributed by atoms with van der Waals surface area (Å²) in [4.78, 5) is 27.1. The highest BCUT2D eigenvalue weighted by molar-refractivity contribution is 5.97. The van der Waals surface area contributed by atoms with Crippen LogP contribution >= 0.6 is 0 Å². The van der Waals surface area contributed by atoms with E-state index in [9.17, 15) is 4.79 Å². The Bertz CT molecular complexity index is 791. The van der Waals surface area contributed by atoms with E-state index in [1.165, 1.54) is 0 Å². The zero-order valence-electron chi connectivity index (χ0n) is 11.7. The summed E-state index contributed by atoms with van der Waals surface area (Å²) in [6, 6.07) is 11.1. The van der Waals surface area contributed by atoms with Gasteiger partial charge in [0.25, 0.3) is 0 Å². The van der Waals surface area contributed by atoms with Crippen LogP contribution in [0.2, 0.25) is 0 Å². The summed E-state index contributed by atoms with van der Waals surface area (Å²) in [7, 11) is 0.